The zero-order valence-electron chi connectivity index (χ0n) is 15.3. The summed E-state index contributed by atoms with van der Waals surface area (Å²) in [6, 6.07) is 9.68. The molecule has 6 nitrogen and oxygen atoms in total. The number of aromatic nitrogens is 4. The topological polar surface area (TPSA) is 75.6 Å². The van der Waals surface area contributed by atoms with Crippen molar-refractivity contribution >= 4 is 33.5 Å². The van der Waals surface area contributed by atoms with Crippen molar-refractivity contribution in [3.8, 4) is 0 Å². The van der Waals surface area contributed by atoms with Crippen LogP contribution in [0, 0.1) is 6.92 Å². The molecule has 0 radical (unpaired) electrons. The minimum Gasteiger partial charge on any atom is -0.361 e. The summed E-state index contributed by atoms with van der Waals surface area (Å²) in [5.74, 6) is 0.0719. The molecule has 0 aliphatic carbocycles. The Balaban J connectivity index is 1.80. The second-order valence-electron chi connectivity index (χ2n) is 6.89. The zero-order valence-corrected chi connectivity index (χ0v) is 15.3. The quantitative estimate of drug-likeness (QED) is 0.585. The summed E-state index contributed by atoms with van der Waals surface area (Å²) < 4.78 is 1.74. The summed E-state index contributed by atoms with van der Waals surface area (Å²) in [5.41, 5.74) is 4.83. The Morgan fingerprint density at radius 2 is 2.04 bits per heavy atom. The van der Waals surface area contributed by atoms with Gasteiger partial charge in [-0.15, -0.1) is 0 Å². The smallest absolute Gasteiger partial charge is 0.256 e. The Bertz CT molecular complexity index is 1140. The molecule has 3 heterocycles. The highest BCUT2D eigenvalue weighted by Gasteiger charge is 2.19. The number of pyridine rings is 1. The fourth-order valence-electron chi connectivity index (χ4n) is 3.27. The van der Waals surface area contributed by atoms with E-state index in [2.05, 4.69) is 29.2 Å². The third kappa shape index (κ3) is 2.63. The predicted molar refractivity (Wildman–Crippen MR) is 104 cm³/mol. The first-order valence-corrected chi connectivity index (χ1v) is 8.67. The second kappa shape index (κ2) is 5.98. The normalized spacial score (nSPS) is 11.6. The first-order valence-electron chi connectivity index (χ1n) is 8.67. The minimum absolute atomic E-state index is 0.148. The van der Waals surface area contributed by atoms with Crippen LogP contribution < -0.4 is 5.32 Å². The Morgan fingerprint density at radius 3 is 2.81 bits per heavy atom. The summed E-state index contributed by atoms with van der Waals surface area (Å²) in [6.07, 6.45) is 1.89. The Morgan fingerprint density at radius 1 is 1.23 bits per heavy atom. The van der Waals surface area contributed by atoms with Gasteiger partial charge in [0.25, 0.3) is 5.91 Å². The number of aromatic amines is 1. The standard InChI is InChI=1S/C20H21N5O/c1-11(2)17-10-15(18-12(3)24-25(4)19(18)23-17)20(26)22-14-5-6-16-13(9-14)7-8-21-16/h5-11,21H,1-4H3,(H,22,26). The molecule has 0 bridgehead atoms. The van der Waals surface area contributed by atoms with Gasteiger partial charge in [-0.25, -0.2) is 4.98 Å². The van der Waals surface area contributed by atoms with Crippen molar-refractivity contribution in [2.24, 2.45) is 7.05 Å². The van der Waals surface area contributed by atoms with Gasteiger partial charge in [-0.2, -0.15) is 5.10 Å². The molecule has 0 saturated heterocycles. The van der Waals surface area contributed by atoms with E-state index in [0.717, 1.165) is 39.0 Å². The van der Waals surface area contributed by atoms with Crippen LogP contribution in [0.2, 0.25) is 0 Å². The van der Waals surface area contributed by atoms with Crippen LogP contribution in [0.4, 0.5) is 5.69 Å². The van der Waals surface area contributed by atoms with Crippen LogP contribution in [0.5, 0.6) is 0 Å². The number of amides is 1. The number of carbonyl (C=O) groups is 1. The highest BCUT2D eigenvalue weighted by atomic mass is 16.1. The van der Waals surface area contributed by atoms with Crippen LogP contribution in [0.15, 0.2) is 36.5 Å². The molecule has 132 valence electrons. The van der Waals surface area contributed by atoms with Crippen molar-refractivity contribution in [1.82, 2.24) is 19.7 Å². The van der Waals surface area contributed by atoms with E-state index in [1.165, 1.54) is 0 Å². The van der Waals surface area contributed by atoms with Crippen molar-refractivity contribution in [1.29, 1.82) is 0 Å². The van der Waals surface area contributed by atoms with Gasteiger partial charge in [0.05, 0.1) is 16.6 Å². The summed E-state index contributed by atoms with van der Waals surface area (Å²) >= 11 is 0. The van der Waals surface area contributed by atoms with Gasteiger partial charge in [0.15, 0.2) is 5.65 Å². The predicted octanol–water partition coefficient (Wildman–Crippen LogP) is 4.13. The first kappa shape index (κ1) is 16.3. The highest BCUT2D eigenvalue weighted by molar-refractivity contribution is 6.13. The molecule has 0 aliphatic rings. The van der Waals surface area contributed by atoms with Gasteiger partial charge >= 0.3 is 0 Å². The number of rotatable bonds is 3. The highest BCUT2D eigenvalue weighted by Crippen LogP contribution is 2.26. The fourth-order valence-corrected chi connectivity index (χ4v) is 3.27. The minimum atomic E-state index is -0.148. The van der Waals surface area contributed by atoms with Gasteiger partial charge < -0.3 is 10.3 Å². The van der Waals surface area contributed by atoms with Crippen molar-refractivity contribution < 1.29 is 4.79 Å². The maximum Gasteiger partial charge on any atom is 0.256 e. The van der Waals surface area contributed by atoms with E-state index < -0.39 is 0 Å². The number of nitrogens with zero attached hydrogens (tertiary/aromatic N) is 3. The van der Waals surface area contributed by atoms with Crippen LogP contribution in [-0.4, -0.2) is 25.7 Å². The van der Waals surface area contributed by atoms with Crippen LogP contribution in [0.25, 0.3) is 21.9 Å². The van der Waals surface area contributed by atoms with Crippen molar-refractivity contribution in [2.45, 2.75) is 26.7 Å². The van der Waals surface area contributed by atoms with Crippen LogP contribution in [0.3, 0.4) is 0 Å². The molecule has 1 amide bonds. The van der Waals surface area contributed by atoms with E-state index in [1.54, 1.807) is 4.68 Å². The van der Waals surface area contributed by atoms with Gasteiger partial charge in [0.2, 0.25) is 0 Å². The third-order valence-electron chi connectivity index (χ3n) is 4.64. The summed E-state index contributed by atoms with van der Waals surface area (Å²) in [4.78, 5) is 20.9. The lowest BCUT2D eigenvalue weighted by molar-refractivity contribution is 0.102. The molecule has 26 heavy (non-hydrogen) atoms. The van der Waals surface area contributed by atoms with E-state index in [0.29, 0.717) is 5.56 Å². The first-order chi connectivity index (χ1) is 12.4. The largest absolute Gasteiger partial charge is 0.361 e. The number of H-pyrrole nitrogens is 1. The summed E-state index contributed by atoms with van der Waals surface area (Å²) in [7, 11) is 1.86. The van der Waals surface area contributed by atoms with E-state index in [4.69, 9.17) is 4.98 Å². The molecule has 0 atom stereocenters. The molecule has 0 unspecified atom stereocenters. The molecular formula is C20H21N5O. The molecule has 1 aromatic carbocycles. The molecule has 0 spiro atoms. The summed E-state index contributed by atoms with van der Waals surface area (Å²) in [5, 5.41) is 9.32. The SMILES string of the molecule is Cc1nn(C)c2nc(C(C)C)cc(C(=O)Nc3ccc4[nH]ccc4c3)c12. The van der Waals surface area contributed by atoms with E-state index in [1.807, 2.05) is 50.5 Å². The maximum atomic E-state index is 13.1. The number of carbonyl (C=O) groups excluding carboxylic acids is 1. The molecule has 2 N–H and O–H groups in total. The molecule has 6 heteroatoms. The van der Waals surface area contributed by atoms with E-state index in [9.17, 15) is 4.79 Å². The zero-order chi connectivity index (χ0) is 18.4. The number of hydrogen-bond donors (Lipinski definition) is 2. The Labute approximate surface area is 151 Å². The Kier molecular flexibility index (Phi) is 3.76. The second-order valence-corrected chi connectivity index (χ2v) is 6.89. The van der Waals surface area contributed by atoms with Gasteiger partial charge in [0, 0.05) is 35.5 Å². The van der Waals surface area contributed by atoms with Crippen LogP contribution in [-0.2, 0) is 7.05 Å². The third-order valence-corrected chi connectivity index (χ3v) is 4.64. The molecular weight excluding hydrogens is 326 g/mol. The van der Waals surface area contributed by atoms with Crippen LogP contribution >= 0.6 is 0 Å². The van der Waals surface area contributed by atoms with Crippen LogP contribution in [0.1, 0.15) is 41.5 Å². The molecule has 4 aromatic rings. The van der Waals surface area contributed by atoms with Gasteiger partial charge in [-0.1, -0.05) is 13.8 Å². The summed E-state index contributed by atoms with van der Waals surface area (Å²) in [6.45, 7) is 6.04. The Hall–Kier alpha value is -3.15. The number of fused-ring (bicyclic) bond motifs is 2. The average Bonchev–Trinajstić information content (AvgIpc) is 3.18. The molecule has 3 aromatic heterocycles. The molecule has 0 aliphatic heterocycles. The maximum absolute atomic E-state index is 13.1. The number of aryl methyl sites for hydroxylation is 2. The van der Waals surface area contributed by atoms with Gasteiger partial charge in [0.1, 0.15) is 0 Å². The van der Waals surface area contributed by atoms with Gasteiger partial charge in [-0.3, -0.25) is 9.48 Å². The van der Waals surface area contributed by atoms with Crippen molar-refractivity contribution in [2.75, 3.05) is 5.32 Å². The van der Waals surface area contributed by atoms with Gasteiger partial charge in [-0.05, 0) is 43.2 Å². The fraction of sp³-hybridized carbons (Fsp3) is 0.250. The number of hydrogen-bond acceptors (Lipinski definition) is 3. The molecule has 0 saturated carbocycles. The lowest BCUT2D eigenvalue weighted by atomic mass is 10.0. The average molecular weight is 347 g/mol. The van der Waals surface area contributed by atoms with E-state index in [-0.39, 0.29) is 11.8 Å². The molecule has 4 rings (SSSR count). The lowest BCUT2D eigenvalue weighted by Gasteiger charge is -2.11. The monoisotopic (exact) mass is 347 g/mol. The number of nitrogens with one attached hydrogen (secondary N) is 2. The van der Waals surface area contributed by atoms with E-state index >= 15 is 0 Å². The van der Waals surface area contributed by atoms with Crippen molar-refractivity contribution in [3.63, 3.8) is 0 Å². The lowest BCUT2D eigenvalue weighted by Crippen LogP contribution is -2.14. The number of anilines is 1. The molecule has 0 fully saturated rings. The number of benzene rings is 1. The van der Waals surface area contributed by atoms with Crippen molar-refractivity contribution in [3.05, 3.63) is 53.5 Å².